The number of nitriles is 1. The van der Waals surface area contributed by atoms with Crippen molar-refractivity contribution in [2.24, 2.45) is 11.7 Å². The maximum absolute atomic E-state index is 13.9. The number of carbonyl (C=O) groups excluding carboxylic acids is 2. The number of hydrogen-bond acceptors (Lipinski definition) is 5. The van der Waals surface area contributed by atoms with Gasteiger partial charge in [-0.1, -0.05) is 0 Å². The van der Waals surface area contributed by atoms with Gasteiger partial charge in [0, 0.05) is 31.6 Å². The lowest BCUT2D eigenvalue weighted by atomic mass is 9.79. The third-order valence-electron chi connectivity index (χ3n) is 6.07. The van der Waals surface area contributed by atoms with Crippen LogP contribution >= 0.6 is 0 Å². The van der Waals surface area contributed by atoms with Gasteiger partial charge >= 0.3 is 12.4 Å². The van der Waals surface area contributed by atoms with E-state index in [0.717, 1.165) is 12.1 Å². The van der Waals surface area contributed by atoms with Gasteiger partial charge in [0.25, 0.3) is 5.91 Å². The van der Waals surface area contributed by atoms with E-state index in [-0.39, 0.29) is 31.8 Å². The van der Waals surface area contributed by atoms with E-state index in [1.165, 1.54) is 17.9 Å². The van der Waals surface area contributed by atoms with E-state index < -0.39 is 59.4 Å². The van der Waals surface area contributed by atoms with Gasteiger partial charge in [-0.15, -0.1) is 0 Å². The molecule has 2 amide bonds. The lowest BCUT2D eigenvalue weighted by Gasteiger charge is -2.39. The van der Waals surface area contributed by atoms with Crippen molar-refractivity contribution < 1.29 is 40.7 Å². The quantitative estimate of drug-likeness (QED) is 0.674. The molecule has 0 bridgehead atoms. The zero-order chi connectivity index (χ0) is 24.8. The van der Waals surface area contributed by atoms with Crippen LogP contribution in [-0.4, -0.2) is 54.4 Å². The molecule has 0 aromatic heterocycles. The number of alkyl halides is 6. The maximum Gasteiger partial charge on any atom is 0.433 e. The van der Waals surface area contributed by atoms with Gasteiger partial charge in [0.05, 0.1) is 23.7 Å². The number of rotatable bonds is 3. The Bertz CT molecular complexity index is 981. The summed E-state index contributed by atoms with van der Waals surface area (Å²) in [6.07, 6.45) is -12.5. The molecule has 2 atom stereocenters. The second-order valence-electron chi connectivity index (χ2n) is 8.01. The summed E-state index contributed by atoms with van der Waals surface area (Å²) >= 11 is 0. The number of carbonyl (C=O) groups is 2. The Balaban J connectivity index is 2.03. The minimum absolute atomic E-state index is 0.127. The molecule has 0 saturated carbocycles. The van der Waals surface area contributed by atoms with E-state index >= 15 is 0 Å². The maximum atomic E-state index is 13.9. The molecule has 3 rings (SSSR count). The van der Waals surface area contributed by atoms with E-state index in [0.29, 0.717) is 11.0 Å². The number of ether oxygens (including phenoxy) is 1. The van der Waals surface area contributed by atoms with E-state index in [1.807, 2.05) is 0 Å². The van der Waals surface area contributed by atoms with Crippen LogP contribution in [0.3, 0.4) is 0 Å². The van der Waals surface area contributed by atoms with Crippen LogP contribution in [0.25, 0.3) is 0 Å². The van der Waals surface area contributed by atoms with Crippen LogP contribution in [0.2, 0.25) is 0 Å². The molecule has 2 heterocycles. The monoisotopic (exact) mass is 478 g/mol. The average Bonchev–Trinajstić information content (AvgIpc) is 3.15. The lowest BCUT2D eigenvalue weighted by molar-refractivity contribution is -0.233. The van der Waals surface area contributed by atoms with Crippen LogP contribution in [0.15, 0.2) is 18.2 Å². The zero-order valence-electron chi connectivity index (χ0n) is 17.3. The van der Waals surface area contributed by atoms with Gasteiger partial charge in [-0.05, 0) is 31.0 Å². The summed E-state index contributed by atoms with van der Waals surface area (Å²) in [4.78, 5) is 26.0. The van der Waals surface area contributed by atoms with Crippen molar-refractivity contribution in [3.63, 3.8) is 0 Å². The Morgan fingerprint density at radius 2 is 1.79 bits per heavy atom. The number of piperidine rings is 1. The Morgan fingerprint density at radius 1 is 1.18 bits per heavy atom. The van der Waals surface area contributed by atoms with E-state index in [2.05, 4.69) is 0 Å². The highest BCUT2D eigenvalue weighted by Gasteiger charge is 2.62. The van der Waals surface area contributed by atoms with E-state index in [1.54, 1.807) is 0 Å². The van der Waals surface area contributed by atoms with Crippen molar-refractivity contribution in [2.75, 3.05) is 24.5 Å². The molecule has 0 unspecified atom stereocenters. The minimum atomic E-state index is -5.07. The first-order chi connectivity index (χ1) is 15.2. The molecule has 33 heavy (non-hydrogen) atoms. The number of benzene rings is 1. The van der Waals surface area contributed by atoms with Gasteiger partial charge in [0.2, 0.25) is 12.1 Å². The molecule has 2 fully saturated rings. The van der Waals surface area contributed by atoms with Crippen molar-refractivity contribution in [3.8, 4) is 6.07 Å². The van der Waals surface area contributed by atoms with Crippen molar-refractivity contribution in [3.05, 3.63) is 29.3 Å². The third-order valence-corrected chi connectivity index (χ3v) is 6.07. The van der Waals surface area contributed by atoms with Crippen molar-refractivity contribution in [1.29, 1.82) is 5.26 Å². The Labute approximate surface area is 184 Å². The Kier molecular flexibility index (Phi) is 6.27. The summed E-state index contributed by atoms with van der Waals surface area (Å²) in [5, 5.41) is 8.95. The highest BCUT2D eigenvalue weighted by Crippen LogP contribution is 2.45. The number of nitrogens with two attached hydrogens (primary N) is 1. The van der Waals surface area contributed by atoms with Crippen molar-refractivity contribution >= 4 is 17.5 Å². The molecule has 1 aromatic rings. The highest BCUT2D eigenvalue weighted by molar-refractivity contribution is 5.86. The zero-order valence-corrected chi connectivity index (χ0v) is 17.3. The molecular weight excluding hydrogens is 458 g/mol. The van der Waals surface area contributed by atoms with E-state index in [4.69, 9.17) is 15.7 Å². The van der Waals surface area contributed by atoms with E-state index in [9.17, 15) is 35.9 Å². The molecule has 13 heteroatoms. The first kappa shape index (κ1) is 24.6. The number of likely N-dealkylation sites (tertiary alicyclic amines) is 1. The second kappa shape index (κ2) is 8.40. The second-order valence-corrected chi connectivity index (χ2v) is 8.01. The molecule has 180 valence electrons. The van der Waals surface area contributed by atoms with Crippen molar-refractivity contribution in [1.82, 2.24) is 4.90 Å². The lowest BCUT2D eigenvalue weighted by Crippen LogP contribution is -2.56. The minimum Gasteiger partial charge on any atom is -0.367 e. The highest BCUT2D eigenvalue weighted by atomic mass is 19.4. The normalized spacial score (nSPS) is 24.6. The number of halogens is 6. The van der Waals surface area contributed by atoms with Crippen LogP contribution < -0.4 is 10.6 Å². The summed E-state index contributed by atoms with van der Waals surface area (Å²) in [6.45, 7) is 0.940. The Hall–Kier alpha value is -3.01. The fraction of sp³-hybridized carbons (Fsp3) is 0.550. The number of anilines is 1. The first-order valence-corrected chi connectivity index (χ1v) is 9.88. The van der Waals surface area contributed by atoms with Crippen LogP contribution in [0.4, 0.5) is 32.0 Å². The third kappa shape index (κ3) is 4.57. The van der Waals surface area contributed by atoms with Gasteiger partial charge in [0.15, 0.2) is 5.60 Å². The van der Waals surface area contributed by atoms with Gasteiger partial charge in [0.1, 0.15) is 0 Å². The van der Waals surface area contributed by atoms with Crippen LogP contribution in [-0.2, 0) is 20.5 Å². The average molecular weight is 478 g/mol. The van der Waals surface area contributed by atoms with Crippen LogP contribution in [0.1, 0.15) is 30.9 Å². The fourth-order valence-electron chi connectivity index (χ4n) is 4.37. The summed E-state index contributed by atoms with van der Waals surface area (Å²) in [7, 11) is 0. The smallest absolute Gasteiger partial charge is 0.367 e. The topological polar surface area (TPSA) is 99.7 Å². The van der Waals surface area contributed by atoms with Crippen LogP contribution in [0.5, 0.6) is 0 Å². The number of hydrogen-bond donors (Lipinski definition) is 1. The Morgan fingerprint density at radius 3 is 2.24 bits per heavy atom. The summed E-state index contributed by atoms with van der Waals surface area (Å²) in [5.41, 5.74) is 0.673. The van der Waals surface area contributed by atoms with Gasteiger partial charge in [-0.2, -0.15) is 31.6 Å². The predicted octanol–water partition coefficient (Wildman–Crippen LogP) is 2.78. The molecule has 2 aliphatic heterocycles. The largest absolute Gasteiger partial charge is 0.433 e. The first-order valence-electron chi connectivity index (χ1n) is 9.88. The summed E-state index contributed by atoms with van der Waals surface area (Å²) in [5.74, 6) is -2.20. The fourth-order valence-corrected chi connectivity index (χ4v) is 4.37. The molecule has 0 spiro atoms. The standard InChI is InChI=1S/C20H20F6N4O3/c1-11(31)29-6-4-13(5-7-29)18(16(28)32)10-30(17(33-18)20(24,25)26)14-3-2-12(9-27)15(8-14)19(21,22)23/h2-3,8,13,17H,4-7,10H2,1H3,(H2,28,32)/t17-,18-/m1/s1. The molecule has 0 radical (unpaired) electrons. The summed E-state index contributed by atoms with van der Waals surface area (Å²) < 4.78 is 87.0. The number of amides is 2. The SMILES string of the molecule is CC(=O)N1CCC([C@@]2(C(N)=O)CN(c3ccc(C#N)c(C(F)(F)F)c3)[C@@H](C(F)(F)F)O2)CC1. The summed E-state index contributed by atoms with van der Waals surface area (Å²) in [6, 6.07) is 3.49. The molecular formula is C20H20F6N4O3. The van der Waals surface area contributed by atoms with Crippen LogP contribution in [0, 0.1) is 17.2 Å². The molecule has 0 aliphatic carbocycles. The molecule has 2 saturated heterocycles. The van der Waals surface area contributed by atoms with Crippen molar-refractivity contribution in [2.45, 2.75) is 43.9 Å². The number of nitrogens with zero attached hydrogens (tertiary/aromatic N) is 3. The van der Waals surface area contributed by atoms with Gasteiger partial charge in [-0.3, -0.25) is 9.59 Å². The van der Waals surface area contributed by atoms with Gasteiger partial charge in [-0.25, -0.2) is 0 Å². The molecule has 2 aliphatic rings. The molecule has 1 aromatic carbocycles. The molecule has 2 N–H and O–H groups in total. The van der Waals surface area contributed by atoms with Gasteiger partial charge < -0.3 is 20.3 Å². The number of primary amides is 1. The molecule has 7 nitrogen and oxygen atoms in total. The predicted molar refractivity (Wildman–Crippen MR) is 101 cm³/mol.